The molecule has 1 rings (SSSR count). The summed E-state index contributed by atoms with van der Waals surface area (Å²) in [6.45, 7) is 6.21. The topological polar surface area (TPSA) is 55.6 Å². The van der Waals surface area contributed by atoms with Crippen LogP contribution in [0.25, 0.3) is 0 Å². The molecule has 6 heteroatoms. The quantitative estimate of drug-likeness (QED) is 0.649. The molecule has 0 aliphatic carbocycles. The monoisotopic (exact) mass is 306 g/mol. The number of rotatable bonds is 6. The molecular formula is C13H20Cl2N2O2. The van der Waals surface area contributed by atoms with E-state index in [2.05, 4.69) is 0 Å². The molecule has 0 heterocycles. The van der Waals surface area contributed by atoms with Crippen LogP contribution in [0.4, 0.5) is 5.69 Å². The van der Waals surface area contributed by atoms with Crippen molar-refractivity contribution in [1.82, 2.24) is 4.90 Å². The summed E-state index contributed by atoms with van der Waals surface area (Å²) in [7, 11) is 0. The number of halogens is 2. The molecule has 0 spiro atoms. The second kappa shape index (κ2) is 9.02. The highest BCUT2D eigenvalue weighted by molar-refractivity contribution is 6.34. The molecule has 1 amide bonds. The molecular weight excluding hydrogens is 287 g/mol. The van der Waals surface area contributed by atoms with E-state index >= 15 is 0 Å². The van der Waals surface area contributed by atoms with Crippen molar-refractivity contribution in [3.63, 3.8) is 0 Å². The van der Waals surface area contributed by atoms with Gasteiger partial charge in [-0.05, 0) is 32.0 Å². The van der Waals surface area contributed by atoms with Crippen molar-refractivity contribution in [3.05, 3.63) is 28.8 Å². The summed E-state index contributed by atoms with van der Waals surface area (Å²) < 4.78 is 5.25. The summed E-state index contributed by atoms with van der Waals surface area (Å²) >= 11 is 6.03. The lowest BCUT2D eigenvalue weighted by Crippen LogP contribution is -2.34. The van der Waals surface area contributed by atoms with E-state index in [0.29, 0.717) is 42.6 Å². The highest BCUT2D eigenvalue weighted by Crippen LogP contribution is 2.20. The Kier molecular flexibility index (Phi) is 8.56. The number of amides is 1. The van der Waals surface area contributed by atoms with Gasteiger partial charge in [0.25, 0.3) is 5.91 Å². The first kappa shape index (κ1) is 18.0. The van der Waals surface area contributed by atoms with Crippen LogP contribution in [0.15, 0.2) is 18.2 Å². The fraction of sp³-hybridized carbons (Fsp3) is 0.462. The second-order valence-corrected chi connectivity index (χ2v) is 4.23. The van der Waals surface area contributed by atoms with Gasteiger partial charge in [-0.1, -0.05) is 11.6 Å². The first-order chi connectivity index (χ1) is 8.60. The summed E-state index contributed by atoms with van der Waals surface area (Å²) in [6, 6.07) is 4.92. The molecule has 4 nitrogen and oxygen atoms in total. The minimum absolute atomic E-state index is 0. The van der Waals surface area contributed by atoms with Crippen molar-refractivity contribution in [1.29, 1.82) is 0 Å². The predicted molar refractivity (Wildman–Crippen MR) is 81.2 cm³/mol. The smallest absolute Gasteiger partial charge is 0.255 e. The number of nitrogens with two attached hydrogens (primary N) is 1. The average molecular weight is 307 g/mol. The molecule has 1 aromatic rings. The largest absolute Gasteiger partial charge is 0.399 e. The molecule has 0 bridgehead atoms. The summed E-state index contributed by atoms with van der Waals surface area (Å²) in [5, 5.41) is 0.384. The van der Waals surface area contributed by atoms with Gasteiger partial charge in [-0.3, -0.25) is 4.79 Å². The molecule has 0 saturated heterocycles. The van der Waals surface area contributed by atoms with Crippen LogP contribution in [-0.2, 0) is 4.74 Å². The van der Waals surface area contributed by atoms with Crippen LogP contribution in [0.5, 0.6) is 0 Å². The van der Waals surface area contributed by atoms with E-state index in [0.717, 1.165) is 0 Å². The highest BCUT2D eigenvalue weighted by atomic mass is 35.5. The number of carbonyl (C=O) groups is 1. The zero-order valence-corrected chi connectivity index (χ0v) is 12.8. The molecule has 2 N–H and O–H groups in total. The van der Waals surface area contributed by atoms with E-state index in [9.17, 15) is 4.79 Å². The predicted octanol–water partition coefficient (Wildman–Crippen LogP) is 2.84. The van der Waals surface area contributed by atoms with Gasteiger partial charge in [-0.25, -0.2) is 0 Å². The molecule has 0 radical (unpaired) electrons. The second-order valence-electron chi connectivity index (χ2n) is 3.82. The summed E-state index contributed by atoms with van der Waals surface area (Å²) in [4.78, 5) is 13.9. The molecule has 0 atom stereocenters. The Morgan fingerprint density at radius 1 is 1.42 bits per heavy atom. The average Bonchev–Trinajstić information content (AvgIpc) is 2.34. The fourth-order valence-corrected chi connectivity index (χ4v) is 1.87. The number of hydrogen-bond acceptors (Lipinski definition) is 3. The van der Waals surface area contributed by atoms with Crippen LogP contribution < -0.4 is 5.73 Å². The van der Waals surface area contributed by atoms with E-state index in [1.807, 2.05) is 13.8 Å². The minimum atomic E-state index is -0.0952. The molecule has 0 aromatic heterocycles. The molecule has 0 fully saturated rings. The Balaban J connectivity index is 0.00000324. The third-order valence-corrected chi connectivity index (χ3v) is 2.91. The van der Waals surface area contributed by atoms with E-state index in [1.54, 1.807) is 23.1 Å². The van der Waals surface area contributed by atoms with Gasteiger partial charge in [0, 0.05) is 25.4 Å². The molecule has 0 aliphatic heterocycles. The zero-order chi connectivity index (χ0) is 13.5. The Hall–Kier alpha value is -0.970. The van der Waals surface area contributed by atoms with Gasteiger partial charge in [0.15, 0.2) is 0 Å². The molecule has 0 aliphatic rings. The number of ether oxygens (including phenoxy) is 1. The SMILES string of the molecule is CCOCCN(CC)C(=O)c1ccc(N)cc1Cl.Cl. The van der Waals surface area contributed by atoms with Gasteiger partial charge < -0.3 is 15.4 Å². The van der Waals surface area contributed by atoms with E-state index in [4.69, 9.17) is 22.1 Å². The number of hydrogen-bond donors (Lipinski definition) is 1. The number of likely N-dealkylation sites (N-methyl/N-ethyl adjacent to an activating group) is 1. The van der Waals surface area contributed by atoms with Gasteiger partial charge in [0.05, 0.1) is 17.2 Å². The Morgan fingerprint density at radius 2 is 2.11 bits per heavy atom. The van der Waals surface area contributed by atoms with Gasteiger partial charge in [-0.2, -0.15) is 0 Å². The summed E-state index contributed by atoms with van der Waals surface area (Å²) in [5.41, 5.74) is 6.63. The number of nitrogen functional groups attached to an aromatic ring is 1. The van der Waals surface area contributed by atoms with Crippen LogP contribution >= 0.6 is 24.0 Å². The number of nitrogens with zero attached hydrogens (tertiary/aromatic N) is 1. The third kappa shape index (κ3) is 5.27. The maximum atomic E-state index is 12.2. The Labute approximate surface area is 125 Å². The Bertz CT molecular complexity index is 414. The van der Waals surface area contributed by atoms with Crippen LogP contribution in [0.3, 0.4) is 0 Å². The van der Waals surface area contributed by atoms with Crippen LogP contribution in [0.2, 0.25) is 5.02 Å². The first-order valence-corrected chi connectivity index (χ1v) is 6.40. The summed E-state index contributed by atoms with van der Waals surface area (Å²) in [5.74, 6) is -0.0952. The molecule has 108 valence electrons. The zero-order valence-electron chi connectivity index (χ0n) is 11.2. The van der Waals surface area contributed by atoms with Crippen molar-refractivity contribution in [2.45, 2.75) is 13.8 Å². The lowest BCUT2D eigenvalue weighted by atomic mass is 10.2. The van der Waals surface area contributed by atoms with E-state index in [1.165, 1.54) is 0 Å². The van der Waals surface area contributed by atoms with Crippen molar-refractivity contribution in [2.24, 2.45) is 0 Å². The third-order valence-electron chi connectivity index (χ3n) is 2.60. The first-order valence-electron chi connectivity index (χ1n) is 6.02. The maximum Gasteiger partial charge on any atom is 0.255 e. The molecule has 1 aromatic carbocycles. The number of benzene rings is 1. The van der Waals surface area contributed by atoms with E-state index in [-0.39, 0.29) is 18.3 Å². The number of carbonyl (C=O) groups excluding carboxylic acids is 1. The standard InChI is InChI=1S/C13H19ClN2O2.ClH/c1-3-16(7-8-18-4-2)13(17)11-6-5-10(15)9-12(11)14;/h5-6,9H,3-4,7-8,15H2,1-2H3;1H. The number of anilines is 1. The van der Waals surface area contributed by atoms with Crippen molar-refractivity contribution >= 4 is 35.6 Å². The van der Waals surface area contributed by atoms with Crippen molar-refractivity contribution in [2.75, 3.05) is 32.0 Å². The van der Waals surface area contributed by atoms with Gasteiger partial charge in [-0.15, -0.1) is 12.4 Å². The van der Waals surface area contributed by atoms with Crippen molar-refractivity contribution in [3.8, 4) is 0 Å². The molecule has 0 saturated carbocycles. The van der Waals surface area contributed by atoms with Crippen LogP contribution in [0, 0.1) is 0 Å². The molecule has 19 heavy (non-hydrogen) atoms. The van der Waals surface area contributed by atoms with E-state index < -0.39 is 0 Å². The summed E-state index contributed by atoms with van der Waals surface area (Å²) in [6.07, 6.45) is 0. The normalized spacial score (nSPS) is 9.84. The van der Waals surface area contributed by atoms with Gasteiger partial charge in [0.2, 0.25) is 0 Å². The van der Waals surface area contributed by atoms with Crippen LogP contribution in [-0.4, -0.2) is 37.1 Å². The van der Waals surface area contributed by atoms with Gasteiger partial charge in [0.1, 0.15) is 0 Å². The lowest BCUT2D eigenvalue weighted by Gasteiger charge is -2.21. The highest BCUT2D eigenvalue weighted by Gasteiger charge is 2.16. The minimum Gasteiger partial charge on any atom is -0.399 e. The van der Waals surface area contributed by atoms with Crippen molar-refractivity contribution < 1.29 is 9.53 Å². The molecule has 0 unspecified atom stereocenters. The van der Waals surface area contributed by atoms with Gasteiger partial charge >= 0.3 is 0 Å². The Morgan fingerprint density at radius 3 is 2.63 bits per heavy atom. The maximum absolute atomic E-state index is 12.2. The lowest BCUT2D eigenvalue weighted by molar-refractivity contribution is 0.0669. The fourth-order valence-electron chi connectivity index (χ4n) is 1.60. The van der Waals surface area contributed by atoms with Crippen LogP contribution in [0.1, 0.15) is 24.2 Å².